The maximum atomic E-state index is 13.2. The predicted octanol–water partition coefficient (Wildman–Crippen LogP) is 6.61. The second-order valence-corrected chi connectivity index (χ2v) is 7.26. The summed E-state index contributed by atoms with van der Waals surface area (Å²) in [6.45, 7) is 2.27. The lowest BCUT2D eigenvalue weighted by Gasteiger charge is -2.35. The lowest BCUT2D eigenvalue weighted by molar-refractivity contribution is -0.376. The lowest BCUT2D eigenvalue weighted by Crippen LogP contribution is -2.53. The second kappa shape index (κ2) is 8.86. The van der Waals surface area contributed by atoms with E-state index in [0.29, 0.717) is 24.4 Å². The van der Waals surface area contributed by atoms with Gasteiger partial charge in [-0.1, -0.05) is 72.8 Å². The van der Waals surface area contributed by atoms with Crippen molar-refractivity contribution in [2.45, 2.75) is 30.9 Å². The van der Waals surface area contributed by atoms with Gasteiger partial charge in [-0.25, -0.2) is 0 Å². The average molecular weight is 453 g/mol. The van der Waals surface area contributed by atoms with E-state index in [4.69, 9.17) is 0 Å². The van der Waals surface area contributed by atoms with Crippen LogP contribution in [0.5, 0.6) is 0 Å². The number of rotatable bonds is 6. The molecule has 0 aromatic heterocycles. The van der Waals surface area contributed by atoms with Crippen molar-refractivity contribution in [3.05, 3.63) is 102 Å². The van der Waals surface area contributed by atoms with Crippen LogP contribution in [0.3, 0.4) is 0 Å². The van der Waals surface area contributed by atoms with Crippen molar-refractivity contribution in [2.75, 3.05) is 11.4 Å². The molecule has 0 atom stereocenters. The number of anilines is 1. The first-order valence-electron chi connectivity index (χ1n) is 9.83. The van der Waals surface area contributed by atoms with E-state index in [-0.39, 0.29) is 6.04 Å². The molecule has 0 spiro atoms. The standard InChI is InChI=1S/C24H21F6NO/c1-2-31(21(17-9-5-3-6-10-17)18-11-7-4-8-12-18)20-15-13-19(14-16-20)22(32,23(25,26)27)24(28,29)30/h3-16,21,32H,2H2,1H3. The van der Waals surface area contributed by atoms with Gasteiger partial charge in [-0.2, -0.15) is 26.3 Å². The van der Waals surface area contributed by atoms with Crippen molar-refractivity contribution in [1.82, 2.24) is 0 Å². The largest absolute Gasteiger partial charge is 0.430 e. The first-order valence-corrected chi connectivity index (χ1v) is 9.83. The van der Waals surface area contributed by atoms with Crippen LogP contribution in [0.2, 0.25) is 0 Å². The Balaban J connectivity index is 2.07. The molecule has 0 aliphatic rings. The van der Waals surface area contributed by atoms with Crippen molar-refractivity contribution in [3.8, 4) is 0 Å². The van der Waals surface area contributed by atoms with Crippen LogP contribution in [0, 0.1) is 0 Å². The summed E-state index contributed by atoms with van der Waals surface area (Å²) in [6, 6.07) is 22.1. The van der Waals surface area contributed by atoms with Crippen LogP contribution in [-0.4, -0.2) is 24.0 Å². The van der Waals surface area contributed by atoms with Gasteiger partial charge in [0.2, 0.25) is 0 Å². The molecule has 0 saturated heterocycles. The highest BCUT2D eigenvalue weighted by molar-refractivity contribution is 5.54. The summed E-state index contributed by atoms with van der Waals surface area (Å²) in [6.07, 6.45) is -11.8. The first-order chi connectivity index (χ1) is 15.0. The summed E-state index contributed by atoms with van der Waals surface area (Å²) in [7, 11) is 0. The molecule has 1 N–H and O–H groups in total. The Morgan fingerprint density at radius 2 is 1.09 bits per heavy atom. The highest BCUT2D eigenvalue weighted by Crippen LogP contribution is 2.50. The molecule has 3 rings (SSSR count). The van der Waals surface area contributed by atoms with Crippen molar-refractivity contribution < 1.29 is 31.4 Å². The molecule has 0 unspecified atom stereocenters. The summed E-state index contributed by atoms with van der Waals surface area (Å²) in [5.74, 6) is 0. The molecular weight excluding hydrogens is 432 g/mol. The summed E-state index contributed by atoms with van der Waals surface area (Å²) in [5.41, 5.74) is -4.00. The number of aliphatic hydroxyl groups is 1. The van der Waals surface area contributed by atoms with E-state index in [9.17, 15) is 31.4 Å². The van der Waals surface area contributed by atoms with Gasteiger partial charge in [0.1, 0.15) is 0 Å². The fourth-order valence-electron chi connectivity index (χ4n) is 3.72. The Morgan fingerprint density at radius 1 is 0.688 bits per heavy atom. The van der Waals surface area contributed by atoms with Gasteiger partial charge < -0.3 is 10.0 Å². The zero-order chi connectivity index (χ0) is 23.6. The fraction of sp³-hybridized carbons (Fsp3) is 0.250. The van der Waals surface area contributed by atoms with E-state index in [2.05, 4.69) is 0 Å². The Bertz CT molecular complexity index is 947. The van der Waals surface area contributed by atoms with Crippen LogP contribution < -0.4 is 4.90 Å². The molecule has 0 saturated carbocycles. The normalized spacial score (nSPS) is 12.8. The SMILES string of the molecule is CCN(c1ccc(C(O)(C(F)(F)F)C(F)(F)F)cc1)C(c1ccccc1)c1ccccc1. The molecule has 2 nitrogen and oxygen atoms in total. The highest BCUT2D eigenvalue weighted by Gasteiger charge is 2.71. The molecule has 170 valence electrons. The smallest absolute Gasteiger partial charge is 0.369 e. The molecular formula is C24H21F6NO. The van der Waals surface area contributed by atoms with Crippen molar-refractivity contribution in [3.63, 3.8) is 0 Å². The van der Waals surface area contributed by atoms with Crippen molar-refractivity contribution in [2.24, 2.45) is 0 Å². The molecule has 0 aliphatic heterocycles. The quantitative estimate of drug-likeness (QED) is 0.425. The summed E-state index contributed by atoms with van der Waals surface area (Å²) in [4.78, 5) is 1.87. The highest BCUT2D eigenvalue weighted by atomic mass is 19.4. The van der Waals surface area contributed by atoms with Gasteiger partial charge >= 0.3 is 12.4 Å². The maximum absolute atomic E-state index is 13.2. The van der Waals surface area contributed by atoms with Crippen molar-refractivity contribution >= 4 is 5.69 Å². The molecule has 0 fully saturated rings. The molecule has 0 amide bonds. The zero-order valence-electron chi connectivity index (χ0n) is 17.0. The van der Waals surface area contributed by atoms with Crippen LogP contribution >= 0.6 is 0 Å². The van der Waals surface area contributed by atoms with Crippen LogP contribution in [-0.2, 0) is 5.60 Å². The number of hydrogen-bond acceptors (Lipinski definition) is 2. The van der Waals surface area contributed by atoms with Crippen LogP contribution in [0.25, 0.3) is 0 Å². The minimum atomic E-state index is -5.92. The third-order valence-corrected chi connectivity index (χ3v) is 5.32. The number of benzene rings is 3. The predicted molar refractivity (Wildman–Crippen MR) is 110 cm³/mol. The van der Waals surface area contributed by atoms with E-state index in [0.717, 1.165) is 11.1 Å². The van der Waals surface area contributed by atoms with Gasteiger partial charge in [-0.3, -0.25) is 0 Å². The van der Waals surface area contributed by atoms with E-state index < -0.39 is 23.5 Å². The summed E-state index contributed by atoms with van der Waals surface area (Å²) < 4.78 is 79.2. The van der Waals surface area contributed by atoms with Gasteiger partial charge in [0, 0.05) is 17.8 Å². The Labute approximate surface area is 181 Å². The fourth-order valence-corrected chi connectivity index (χ4v) is 3.72. The molecule has 0 radical (unpaired) electrons. The average Bonchev–Trinajstić information content (AvgIpc) is 2.76. The van der Waals surface area contributed by atoms with E-state index in [1.165, 1.54) is 12.1 Å². The van der Waals surface area contributed by atoms with Gasteiger partial charge in [0.25, 0.3) is 5.60 Å². The van der Waals surface area contributed by atoms with Gasteiger partial charge in [-0.15, -0.1) is 0 Å². The third kappa shape index (κ3) is 4.32. The zero-order valence-corrected chi connectivity index (χ0v) is 17.0. The van der Waals surface area contributed by atoms with Gasteiger partial charge in [-0.05, 0) is 30.2 Å². The van der Waals surface area contributed by atoms with Gasteiger partial charge in [0.05, 0.1) is 6.04 Å². The monoisotopic (exact) mass is 453 g/mol. The Kier molecular flexibility index (Phi) is 6.55. The van der Waals surface area contributed by atoms with Gasteiger partial charge in [0.15, 0.2) is 0 Å². The third-order valence-electron chi connectivity index (χ3n) is 5.32. The number of hydrogen-bond donors (Lipinski definition) is 1. The maximum Gasteiger partial charge on any atom is 0.430 e. The lowest BCUT2D eigenvalue weighted by atomic mass is 9.91. The molecule has 0 aliphatic carbocycles. The Morgan fingerprint density at radius 3 is 1.44 bits per heavy atom. The van der Waals surface area contributed by atoms with Crippen LogP contribution in [0.4, 0.5) is 32.0 Å². The minimum Gasteiger partial charge on any atom is -0.369 e. The summed E-state index contributed by atoms with van der Waals surface area (Å²) >= 11 is 0. The molecule has 0 bridgehead atoms. The molecule has 0 heterocycles. The first kappa shape index (κ1) is 23.7. The Hall–Kier alpha value is -3.00. The molecule has 3 aromatic carbocycles. The van der Waals surface area contributed by atoms with Crippen LogP contribution in [0.1, 0.15) is 29.7 Å². The van der Waals surface area contributed by atoms with E-state index in [1.54, 1.807) is 0 Å². The van der Waals surface area contributed by atoms with E-state index in [1.807, 2.05) is 72.5 Å². The molecule has 3 aromatic rings. The van der Waals surface area contributed by atoms with Crippen molar-refractivity contribution in [1.29, 1.82) is 0 Å². The number of alkyl halides is 6. The van der Waals surface area contributed by atoms with E-state index >= 15 is 0 Å². The summed E-state index contributed by atoms with van der Waals surface area (Å²) in [5, 5.41) is 9.64. The second-order valence-electron chi connectivity index (χ2n) is 7.26. The topological polar surface area (TPSA) is 23.5 Å². The number of nitrogens with zero attached hydrogens (tertiary/aromatic N) is 1. The minimum absolute atomic E-state index is 0.322. The number of halogens is 6. The van der Waals surface area contributed by atoms with Crippen LogP contribution in [0.15, 0.2) is 84.9 Å². The molecule has 32 heavy (non-hydrogen) atoms. The molecule has 8 heteroatoms.